The van der Waals surface area contributed by atoms with Gasteiger partial charge in [-0.2, -0.15) is 5.10 Å². The Morgan fingerprint density at radius 1 is 0.364 bits per heavy atom. The number of nitrogens with zero attached hydrogens (tertiary/aromatic N) is 4. The molecule has 0 saturated carbocycles. The molecule has 0 amide bonds. The highest BCUT2D eigenvalue weighted by molar-refractivity contribution is 6.17. The first kappa shape index (κ1) is 32.2. The smallest absolute Gasteiger partial charge is 0.160 e. The molecule has 0 aliphatic rings. The Labute approximate surface area is 319 Å². The lowest BCUT2D eigenvalue weighted by Crippen LogP contribution is -1.97. The van der Waals surface area contributed by atoms with Crippen LogP contribution in [0.15, 0.2) is 206 Å². The van der Waals surface area contributed by atoms with Crippen molar-refractivity contribution >= 4 is 21.7 Å². The summed E-state index contributed by atoms with van der Waals surface area (Å²) in [6, 6.07) is 72.0. The molecular formula is C51H34N4. The molecule has 10 aromatic rings. The molecule has 0 spiro atoms. The number of hydrogen-bond donors (Lipinski definition) is 0. The Hall–Kier alpha value is -7.43. The summed E-state index contributed by atoms with van der Waals surface area (Å²) in [4.78, 5) is 10.4. The summed E-state index contributed by atoms with van der Waals surface area (Å²) in [6.07, 6.45) is 0. The Kier molecular flexibility index (Phi) is 8.12. The molecule has 0 saturated heterocycles. The average molecular weight is 703 g/mol. The van der Waals surface area contributed by atoms with Gasteiger partial charge < -0.3 is 0 Å². The van der Waals surface area contributed by atoms with Crippen molar-refractivity contribution in [3.8, 4) is 73.1 Å². The fourth-order valence-corrected chi connectivity index (χ4v) is 7.57. The molecule has 0 bridgehead atoms. The summed E-state index contributed by atoms with van der Waals surface area (Å²) in [5.74, 6) is 0.683. The molecule has 10 rings (SSSR count). The van der Waals surface area contributed by atoms with E-state index >= 15 is 0 Å². The summed E-state index contributed by atoms with van der Waals surface area (Å²) < 4.78 is 2.11. The molecule has 0 radical (unpaired) electrons. The topological polar surface area (TPSA) is 43.6 Å². The quantitative estimate of drug-likeness (QED) is 0.166. The van der Waals surface area contributed by atoms with Gasteiger partial charge in [-0.15, -0.1) is 0 Å². The van der Waals surface area contributed by atoms with Crippen LogP contribution in [0.5, 0.6) is 0 Å². The van der Waals surface area contributed by atoms with Crippen molar-refractivity contribution in [2.45, 2.75) is 0 Å². The van der Waals surface area contributed by atoms with Crippen molar-refractivity contribution < 1.29 is 0 Å². The van der Waals surface area contributed by atoms with Gasteiger partial charge in [0, 0.05) is 33.0 Å². The zero-order valence-electron chi connectivity index (χ0n) is 29.9. The minimum Gasteiger partial charge on any atom is -0.232 e. The third-order valence-electron chi connectivity index (χ3n) is 10.2. The van der Waals surface area contributed by atoms with Crippen molar-refractivity contribution in [2.75, 3.05) is 0 Å². The van der Waals surface area contributed by atoms with Gasteiger partial charge in [0.05, 0.1) is 22.6 Å². The first-order chi connectivity index (χ1) is 27.3. The van der Waals surface area contributed by atoms with Crippen molar-refractivity contribution in [2.24, 2.45) is 0 Å². The van der Waals surface area contributed by atoms with Crippen LogP contribution in [0.1, 0.15) is 0 Å². The van der Waals surface area contributed by atoms with Crippen LogP contribution in [-0.4, -0.2) is 19.7 Å². The van der Waals surface area contributed by atoms with Gasteiger partial charge in [0.2, 0.25) is 0 Å². The van der Waals surface area contributed by atoms with Crippen LogP contribution in [0.25, 0.3) is 94.8 Å². The maximum atomic E-state index is 5.36. The van der Waals surface area contributed by atoms with E-state index < -0.39 is 0 Å². The van der Waals surface area contributed by atoms with Gasteiger partial charge >= 0.3 is 0 Å². The minimum atomic E-state index is 0.683. The lowest BCUT2D eigenvalue weighted by molar-refractivity contribution is 0.918. The van der Waals surface area contributed by atoms with Crippen LogP contribution in [0.3, 0.4) is 0 Å². The Balaban J connectivity index is 1.19. The van der Waals surface area contributed by atoms with Gasteiger partial charge in [0.25, 0.3) is 0 Å². The predicted molar refractivity (Wildman–Crippen MR) is 227 cm³/mol. The first-order valence-electron chi connectivity index (χ1n) is 18.5. The first-order valence-corrected chi connectivity index (χ1v) is 18.5. The van der Waals surface area contributed by atoms with Crippen molar-refractivity contribution in [3.63, 3.8) is 0 Å². The number of fused-ring (bicyclic) bond motifs is 3. The highest BCUT2D eigenvalue weighted by atomic mass is 15.3. The zero-order valence-corrected chi connectivity index (χ0v) is 29.9. The number of aromatic nitrogens is 4. The van der Waals surface area contributed by atoms with E-state index in [1.165, 1.54) is 0 Å². The fraction of sp³-hybridized carbons (Fsp3) is 0. The lowest BCUT2D eigenvalue weighted by atomic mass is 9.92. The third-order valence-corrected chi connectivity index (χ3v) is 10.2. The SMILES string of the molecule is c1ccc(-c2cccc(-c3nc(-c4ccccc4)cc(-c4cccc(-c5cc6ccccc6c6c5c(-c5ccccc5)nn6-c5ccccc5)c4)n3)c2)cc1. The van der Waals surface area contributed by atoms with Crippen LogP contribution in [0.4, 0.5) is 0 Å². The highest BCUT2D eigenvalue weighted by Crippen LogP contribution is 2.42. The van der Waals surface area contributed by atoms with Gasteiger partial charge in [0.1, 0.15) is 5.69 Å². The van der Waals surface area contributed by atoms with E-state index in [4.69, 9.17) is 15.1 Å². The van der Waals surface area contributed by atoms with Crippen molar-refractivity contribution in [1.82, 2.24) is 19.7 Å². The maximum Gasteiger partial charge on any atom is 0.160 e. The van der Waals surface area contributed by atoms with Crippen LogP contribution in [-0.2, 0) is 0 Å². The molecular weight excluding hydrogens is 669 g/mol. The summed E-state index contributed by atoms with van der Waals surface area (Å²) in [5, 5.41) is 8.78. The van der Waals surface area contributed by atoms with Crippen LogP contribution < -0.4 is 0 Å². The standard InChI is InChI=1S/C51H34N4/c1-5-17-35(18-6-1)38-24-15-27-42(31-38)51-52-46(36-19-7-2-8-20-36)34-47(53-51)41-26-16-25-39(32-41)45-33-40-23-13-14-30-44(40)50-48(45)49(37-21-9-3-10-22-37)54-55(50)43-28-11-4-12-29-43/h1-34H. The second kappa shape index (κ2) is 13.8. The van der Waals surface area contributed by atoms with E-state index in [1.54, 1.807) is 0 Å². The molecule has 258 valence electrons. The van der Waals surface area contributed by atoms with Crippen LogP contribution >= 0.6 is 0 Å². The van der Waals surface area contributed by atoms with E-state index in [0.29, 0.717) is 5.82 Å². The summed E-state index contributed by atoms with van der Waals surface area (Å²) in [6.45, 7) is 0. The molecule has 55 heavy (non-hydrogen) atoms. The lowest BCUT2D eigenvalue weighted by Gasteiger charge is -2.13. The van der Waals surface area contributed by atoms with Crippen LogP contribution in [0, 0.1) is 0 Å². The maximum absolute atomic E-state index is 5.36. The van der Waals surface area contributed by atoms with Gasteiger partial charge in [-0.25, -0.2) is 14.6 Å². The number of rotatable bonds is 7. The monoisotopic (exact) mass is 702 g/mol. The Bertz CT molecular complexity index is 2950. The van der Waals surface area contributed by atoms with Gasteiger partial charge in [0.15, 0.2) is 5.82 Å². The summed E-state index contributed by atoms with van der Waals surface area (Å²) >= 11 is 0. The molecule has 0 unspecified atom stereocenters. The van der Waals surface area contributed by atoms with E-state index in [9.17, 15) is 0 Å². The van der Waals surface area contributed by atoms with Crippen molar-refractivity contribution in [3.05, 3.63) is 206 Å². The Morgan fingerprint density at radius 2 is 0.891 bits per heavy atom. The average Bonchev–Trinajstić information content (AvgIpc) is 3.69. The van der Waals surface area contributed by atoms with E-state index in [0.717, 1.165) is 89.0 Å². The van der Waals surface area contributed by atoms with Gasteiger partial charge in [-0.05, 0) is 64.0 Å². The largest absolute Gasteiger partial charge is 0.232 e. The molecule has 2 aromatic heterocycles. The normalized spacial score (nSPS) is 11.3. The van der Waals surface area contributed by atoms with E-state index in [1.807, 2.05) is 18.2 Å². The van der Waals surface area contributed by atoms with E-state index in [-0.39, 0.29) is 0 Å². The highest BCUT2D eigenvalue weighted by Gasteiger charge is 2.21. The number of hydrogen-bond acceptors (Lipinski definition) is 3. The number of benzene rings is 8. The molecule has 0 aliphatic heterocycles. The summed E-state index contributed by atoms with van der Waals surface area (Å²) in [7, 11) is 0. The molecule has 2 heterocycles. The second-order valence-electron chi connectivity index (χ2n) is 13.7. The summed E-state index contributed by atoms with van der Waals surface area (Å²) in [5.41, 5.74) is 13.3. The Morgan fingerprint density at radius 3 is 1.62 bits per heavy atom. The molecule has 4 heteroatoms. The van der Waals surface area contributed by atoms with Gasteiger partial charge in [-0.3, -0.25) is 0 Å². The fourth-order valence-electron chi connectivity index (χ4n) is 7.57. The zero-order chi connectivity index (χ0) is 36.6. The molecule has 0 aliphatic carbocycles. The number of para-hydroxylation sites is 1. The van der Waals surface area contributed by atoms with Crippen LogP contribution in [0.2, 0.25) is 0 Å². The van der Waals surface area contributed by atoms with E-state index in [2.05, 4.69) is 193 Å². The second-order valence-corrected chi connectivity index (χ2v) is 13.7. The third kappa shape index (κ3) is 6.06. The molecule has 4 nitrogen and oxygen atoms in total. The molecule has 0 fully saturated rings. The minimum absolute atomic E-state index is 0.683. The van der Waals surface area contributed by atoms with Crippen molar-refractivity contribution in [1.29, 1.82) is 0 Å². The molecule has 8 aromatic carbocycles. The van der Waals surface area contributed by atoms with Gasteiger partial charge in [-0.1, -0.05) is 170 Å². The molecule has 0 atom stereocenters. The predicted octanol–water partition coefficient (Wildman–Crippen LogP) is 13.0. The molecule has 0 N–H and O–H groups in total.